The molecule has 0 aromatic rings. The molecule has 2 fully saturated rings. The van der Waals surface area contributed by atoms with Crippen molar-refractivity contribution in [2.45, 2.75) is 32.1 Å². The van der Waals surface area contributed by atoms with Gasteiger partial charge in [-0.05, 0) is 30.6 Å². The Kier molecular flexibility index (Phi) is 5.42. The minimum absolute atomic E-state index is 0.0299. The summed E-state index contributed by atoms with van der Waals surface area (Å²) < 4.78 is 26.1. The van der Waals surface area contributed by atoms with Gasteiger partial charge in [-0.25, -0.2) is 8.78 Å². The Bertz CT molecular complexity index is 304. The van der Waals surface area contributed by atoms with E-state index in [0.29, 0.717) is 12.0 Å². The quantitative estimate of drug-likeness (QED) is 0.595. The van der Waals surface area contributed by atoms with Gasteiger partial charge in [-0.3, -0.25) is 9.80 Å². The van der Waals surface area contributed by atoms with Crippen molar-refractivity contribution in [3.05, 3.63) is 0 Å². The molecular weight excluding hydrogens is 286 g/mol. The smallest absolute Gasteiger partial charge is 0.261 e. The zero-order valence-corrected chi connectivity index (χ0v) is 13.3. The minimum Gasteiger partial charge on any atom is -0.294 e. The fraction of sp³-hybridized carbons (Fsp3) is 1.00. The van der Waals surface area contributed by atoms with E-state index in [0.717, 1.165) is 30.6 Å². The van der Waals surface area contributed by atoms with Crippen LogP contribution < -0.4 is 0 Å². The van der Waals surface area contributed by atoms with Crippen LogP contribution in [0.4, 0.5) is 8.78 Å². The summed E-state index contributed by atoms with van der Waals surface area (Å²) in [5, 5.41) is 0. The van der Waals surface area contributed by atoms with Crippen molar-refractivity contribution >= 4 is 24.4 Å². The molecule has 2 saturated heterocycles. The molecule has 2 aliphatic rings. The van der Waals surface area contributed by atoms with Gasteiger partial charge in [0, 0.05) is 31.3 Å². The second-order valence-corrected chi connectivity index (χ2v) is 7.56. The molecule has 0 amide bonds. The van der Waals surface area contributed by atoms with E-state index in [4.69, 9.17) is 0 Å². The summed E-state index contributed by atoms with van der Waals surface area (Å²) in [5.74, 6) is 0.206. The Morgan fingerprint density at radius 3 is 2.47 bits per heavy atom. The van der Waals surface area contributed by atoms with Crippen LogP contribution in [0, 0.1) is 5.41 Å². The number of hydrogen-bond acceptors (Lipinski definition) is 4. The first kappa shape index (κ1) is 15.9. The predicted molar refractivity (Wildman–Crippen MR) is 81.2 cm³/mol. The average Bonchev–Trinajstić information content (AvgIpc) is 2.89. The number of halogens is 2. The van der Waals surface area contributed by atoms with E-state index in [-0.39, 0.29) is 13.0 Å². The molecule has 1 unspecified atom stereocenters. The van der Waals surface area contributed by atoms with Gasteiger partial charge in [0.25, 0.3) is 5.92 Å². The molecule has 2 nitrogen and oxygen atoms in total. The molecule has 0 aliphatic carbocycles. The Hall–Kier alpha value is 0.480. The predicted octanol–water partition coefficient (Wildman–Crippen LogP) is 3.01. The summed E-state index contributed by atoms with van der Waals surface area (Å²) in [4.78, 5) is 4.25. The van der Waals surface area contributed by atoms with Crippen molar-refractivity contribution in [3.8, 4) is 0 Å². The first-order valence-electron chi connectivity index (χ1n) is 6.94. The van der Waals surface area contributed by atoms with Crippen molar-refractivity contribution < 1.29 is 8.78 Å². The first-order valence-corrected chi connectivity index (χ1v) is 8.72. The molecule has 2 aliphatic heterocycles. The number of thioether (sulfide) groups is 1. The number of likely N-dealkylation sites (tertiary alicyclic amines) is 2. The van der Waals surface area contributed by atoms with Crippen LogP contribution in [0.5, 0.6) is 0 Å². The van der Waals surface area contributed by atoms with Gasteiger partial charge in [0.2, 0.25) is 0 Å². The maximum absolute atomic E-state index is 13.0. The summed E-state index contributed by atoms with van der Waals surface area (Å²) in [6.45, 7) is 5.10. The molecule has 2 rings (SSSR count). The zero-order valence-electron chi connectivity index (χ0n) is 11.6. The molecule has 112 valence electrons. The van der Waals surface area contributed by atoms with Gasteiger partial charge in [-0.2, -0.15) is 12.6 Å². The van der Waals surface area contributed by atoms with Crippen molar-refractivity contribution in [3.63, 3.8) is 0 Å². The van der Waals surface area contributed by atoms with Crippen LogP contribution >= 0.6 is 24.4 Å². The molecule has 0 radical (unpaired) electrons. The number of hydrogen-bond donors (Lipinski definition) is 1. The molecule has 19 heavy (non-hydrogen) atoms. The molecule has 2 heterocycles. The van der Waals surface area contributed by atoms with Crippen LogP contribution in [0.1, 0.15) is 26.2 Å². The normalized spacial score (nSPS) is 32.2. The second-order valence-electron chi connectivity index (χ2n) is 6.20. The van der Waals surface area contributed by atoms with Crippen LogP contribution in [0.25, 0.3) is 0 Å². The first-order chi connectivity index (χ1) is 8.92. The van der Waals surface area contributed by atoms with Crippen LogP contribution in [0.2, 0.25) is 0 Å². The third-order valence-corrected chi connectivity index (χ3v) is 5.65. The molecule has 0 aromatic heterocycles. The minimum atomic E-state index is -2.45. The van der Waals surface area contributed by atoms with E-state index in [9.17, 15) is 8.78 Å². The van der Waals surface area contributed by atoms with Gasteiger partial charge < -0.3 is 0 Å². The highest BCUT2D eigenvalue weighted by molar-refractivity contribution is 7.99. The lowest BCUT2D eigenvalue weighted by atomic mass is 9.87. The van der Waals surface area contributed by atoms with E-state index in [1.165, 1.54) is 12.8 Å². The van der Waals surface area contributed by atoms with E-state index in [1.54, 1.807) is 11.8 Å². The standard InChI is InChI=1S/C13H24F2N2S2/c1-12(2-5-16(8-12)10-18)4-7-19-11-17-6-3-13(14,15)9-17/h18H,2-11H2,1H3. The van der Waals surface area contributed by atoms with Gasteiger partial charge in [0.15, 0.2) is 0 Å². The molecule has 1 atom stereocenters. The lowest BCUT2D eigenvalue weighted by Gasteiger charge is -2.24. The van der Waals surface area contributed by atoms with E-state index < -0.39 is 5.92 Å². The molecule has 0 N–H and O–H groups in total. The van der Waals surface area contributed by atoms with E-state index >= 15 is 0 Å². The van der Waals surface area contributed by atoms with Crippen LogP contribution in [0.3, 0.4) is 0 Å². The Labute approximate surface area is 124 Å². The largest absolute Gasteiger partial charge is 0.294 e. The third-order valence-electron chi connectivity index (χ3n) is 4.21. The van der Waals surface area contributed by atoms with Gasteiger partial charge in [-0.15, -0.1) is 11.8 Å². The fourth-order valence-electron chi connectivity index (χ4n) is 2.88. The number of alkyl halides is 2. The lowest BCUT2D eigenvalue weighted by molar-refractivity contribution is 0.0140. The summed E-state index contributed by atoms with van der Waals surface area (Å²) >= 11 is 6.12. The van der Waals surface area contributed by atoms with Gasteiger partial charge >= 0.3 is 0 Å². The van der Waals surface area contributed by atoms with Crippen molar-refractivity contribution in [1.82, 2.24) is 9.80 Å². The Morgan fingerprint density at radius 2 is 1.89 bits per heavy atom. The molecule has 0 spiro atoms. The average molecular weight is 310 g/mol. The monoisotopic (exact) mass is 310 g/mol. The number of thiol groups is 1. The van der Waals surface area contributed by atoms with Crippen molar-refractivity contribution in [2.24, 2.45) is 5.41 Å². The Morgan fingerprint density at radius 1 is 1.16 bits per heavy atom. The Balaban J connectivity index is 1.60. The van der Waals surface area contributed by atoms with Crippen molar-refractivity contribution in [2.75, 3.05) is 43.7 Å². The third kappa shape index (κ3) is 4.76. The molecular formula is C13H24F2N2S2. The zero-order chi connectivity index (χ0) is 13.9. The number of nitrogens with zero attached hydrogens (tertiary/aromatic N) is 2. The summed E-state index contributed by atoms with van der Waals surface area (Å²) in [6, 6.07) is 0. The SMILES string of the molecule is CC1(CCSCN2CCC(F)(F)C2)CCN(CS)C1. The summed E-state index contributed by atoms with van der Waals surface area (Å²) in [5.41, 5.74) is 0.394. The molecule has 6 heteroatoms. The van der Waals surface area contributed by atoms with E-state index in [2.05, 4.69) is 24.5 Å². The summed E-state index contributed by atoms with van der Waals surface area (Å²) in [7, 11) is 0. The highest BCUT2D eigenvalue weighted by Gasteiger charge is 2.38. The van der Waals surface area contributed by atoms with Gasteiger partial charge in [-0.1, -0.05) is 6.92 Å². The van der Waals surface area contributed by atoms with Crippen LogP contribution in [0.15, 0.2) is 0 Å². The highest BCUT2D eigenvalue weighted by atomic mass is 32.2. The van der Waals surface area contributed by atoms with Crippen LogP contribution in [-0.4, -0.2) is 59.4 Å². The second kappa shape index (κ2) is 6.50. The van der Waals surface area contributed by atoms with Gasteiger partial charge in [0.05, 0.1) is 6.54 Å². The molecule has 0 saturated carbocycles. The number of rotatable bonds is 6. The summed E-state index contributed by atoms with van der Waals surface area (Å²) in [6.07, 6.45) is 2.43. The van der Waals surface area contributed by atoms with Crippen molar-refractivity contribution in [1.29, 1.82) is 0 Å². The van der Waals surface area contributed by atoms with E-state index in [1.807, 2.05) is 4.90 Å². The molecule has 0 aromatic carbocycles. The van der Waals surface area contributed by atoms with Crippen LogP contribution in [-0.2, 0) is 0 Å². The highest BCUT2D eigenvalue weighted by Crippen LogP contribution is 2.35. The fourth-order valence-corrected chi connectivity index (χ4v) is 4.37. The topological polar surface area (TPSA) is 6.48 Å². The van der Waals surface area contributed by atoms with Gasteiger partial charge in [0.1, 0.15) is 0 Å². The lowest BCUT2D eigenvalue weighted by Crippen LogP contribution is -2.26. The maximum atomic E-state index is 13.0. The molecule has 0 bridgehead atoms. The maximum Gasteiger partial charge on any atom is 0.261 e.